The number of benzene rings is 3. The quantitative estimate of drug-likeness (QED) is 0.497. The number of hydrogen-bond donors (Lipinski definition) is 0. The third kappa shape index (κ3) is 1.97. The van der Waals surface area contributed by atoms with E-state index in [1.807, 2.05) is 12.1 Å². The Morgan fingerprint density at radius 2 is 1.86 bits per heavy atom. The summed E-state index contributed by atoms with van der Waals surface area (Å²) >= 11 is 6.11. The van der Waals surface area contributed by atoms with Crippen molar-refractivity contribution in [3.8, 4) is 0 Å². The van der Waals surface area contributed by atoms with Gasteiger partial charge in [-0.05, 0) is 55.8 Å². The zero-order chi connectivity index (χ0) is 14.4. The average molecular weight is 293 g/mol. The highest BCUT2D eigenvalue weighted by Crippen LogP contribution is 2.28. The summed E-state index contributed by atoms with van der Waals surface area (Å²) < 4.78 is 0. The largest absolute Gasteiger partial charge is 0.294 e. The number of carbonyl (C=O) groups excluding carboxylic acids is 1. The Balaban J connectivity index is 2.23. The summed E-state index contributed by atoms with van der Waals surface area (Å²) in [6, 6.07) is 14.8. The highest BCUT2D eigenvalue weighted by atomic mass is 35.5. The Morgan fingerprint density at radius 3 is 2.71 bits per heavy atom. The van der Waals surface area contributed by atoms with E-state index >= 15 is 0 Å². The van der Waals surface area contributed by atoms with Gasteiger partial charge in [0, 0.05) is 12.3 Å². The monoisotopic (exact) mass is 292 g/mol. The Bertz CT molecular complexity index is 1020. The van der Waals surface area contributed by atoms with E-state index in [9.17, 15) is 4.79 Å². The molecule has 3 aromatic rings. The Morgan fingerprint density at radius 1 is 1.00 bits per heavy atom. The van der Waals surface area contributed by atoms with E-state index in [0.717, 1.165) is 21.4 Å². The Hall–Kier alpha value is -2.12. The van der Waals surface area contributed by atoms with Crippen LogP contribution in [0.4, 0.5) is 0 Å². The smallest absolute Gasteiger partial charge is 0.160 e. The van der Waals surface area contributed by atoms with Crippen LogP contribution < -0.4 is 10.4 Å². The second kappa shape index (κ2) is 4.71. The van der Waals surface area contributed by atoms with Crippen LogP contribution in [0.25, 0.3) is 33.7 Å². The van der Waals surface area contributed by atoms with E-state index in [1.165, 1.54) is 16.2 Å². The molecular formula is C19H13ClO. The summed E-state index contributed by atoms with van der Waals surface area (Å²) in [7, 11) is 0. The van der Waals surface area contributed by atoms with E-state index < -0.39 is 0 Å². The number of fused-ring (bicyclic) bond motifs is 4. The van der Waals surface area contributed by atoms with Gasteiger partial charge in [0.15, 0.2) is 5.78 Å². The molecule has 0 amide bonds. The van der Waals surface area contributed by atoms with Crippen molar-refractivity contribution in [2.24, 2.45) is 0 Å². The van der Waals surface area contributed by atoms with Crippen LogP contribution in [0.1, 0.15) is 12.0 Å². The van der Waals surface area contributed by atoms with Crippen molar-refractivity contribution in [2.45, 2.75) is 12.3 Å². The number of Topliss-reactive ketones (excluding diaryl/α,β-unsaturated/α-hetero) is 1. The van der Waals surface area contributed by atoms with Crippen molar-refractivity contribution < 1.29 is 4.79 Å². The topological polar surface area (TPSA) is 17.1 Å². The third-order valence-corrected chi connectivity index (χ3v) is 4.42. The van der Waals surface area contributed by atoms with Gasteiger partial charge in [-0.1, -0.05) is 36.4 Å². The van der Waals surface area contributed by atoms with Gasteiger partial charge < -0.3 is 0 Å². The maximum Gasteiger partial charge on any atom is 0.160 e. The molecule has 102 valence electrons. The molecular weight excluding hydrogens is 280 g/mol. The highest BCUT2D eigenvalue weighted by Gasteiger charge is 2.08. The molecule has 0 aliphatic heterocycles. The van der Waals surface area contributed by atoms with Crippen molar-refractivity contribution in [3.05, 3.63) is 58.5 Å². The molecule has 0 bridgehead atoms. The molecule has 21 heavy (non-hydrogen) atoms. The van der Waals surface area contributed by atoms with Crippen LogP contribution in [0.5, 0.6) is 0 Å². The lowest BCUT2D eigenvalue weighted by Gasteiger charge is -2.09. The van der Waals surface area contributed by atoms with Gasteiger partial charge in [0.1, 0.15) is 0 Å². The molecule has 0 atom stereocenters. The minimum Gasteiger partial charge on any atom is -0.294 e. The lowest BCUT2D eigenvalue weighted by Crippen LogP contribution is -2.28. The first-order chi connectivity index (χ1) is 10.3. The number of rotatable bonds is 1. The molecule has 0 fully saturated rings. The molecule has 3 aromatic carbocycles. The molecule has 0 N–H and O–H groups in total. The molecule has 1 aliphatic rings. The molecule has 0 radical (unpaired) electrons. The standard InChI is InChI=1S/C19H13ClO/c20-11-15-3-1-2-12-4-5-14-8-16-9-17(21)7-6-13(16)10-18(14)19(12)15/h1-6,8-10H,7,11H2. The van der Waals surface area contributed by atoms with Gasteiger partial charge in [0.25, 0.3) is 0 Å². The van der Waals surface area contributed by atoms with Crippen molar-refractivity contribution in [1.29, 1.82) is 0 Å². The fraction of sp³-hybridized carbons (Fsp3) is 0.105. The number of halogens is 1. The minimum absolute atomic E-state index is 0.170. The number of carbonyl (C=O) groups is 1. The van der Waals surface area contributed by atoms with Crippen LogP contribution in [-0.4, -0.2) is 5.78 Å². The van der Waals surface area contributed by atoms with Gasteiger partial charge in [0.2, 0.25) is 0 Å². The summed E-state index contributed by atoms with van der Waals surface area (Å²) in [4.78, 5) is 11.6. The van der Waals surface area contributed by atoms with Crippen LogP contribution in [0.15, 0.2) is 42.5 Å². The van der Waals surface area contributed by atoms with E-state index in [0.29, 0.717) is 12.3 Å². The van der Waals surface area contributed by atoms with Crippen molar-refractivity contribution in [1.82, 2.24) is 0 Å². The third-order valence-electron chi connectivity index (χ3n) is 4.13. The van der Waals surface area contributed by atoms with E-state index in [4.69, 9.17) is 11.6 Å². The minimum atomic E-state index is 0.170. The van der Waals surface area contributed by atoms with Gasteiger partial charge in [-0.15, -0.1) is 11.6 Å². The van der Waals surface area contributed by atoms with E-state index in [1.54, 1.807) is 6.08 Å². The second-order valence-electron chi connectivity index (χ2n) is 5.44. The first kappa shape index (κ1) is 12.6. The van der Waals surface area contributed by atoms with Gasteiger partial charge in [-0.25, -0.2) is 0 Å². The van der Waals surface area contributed by atoms with Crippen LogP contribution in [0.2, 0.25) is 0 Å². The first-order valence-electron chi connectivity index (χ1n) is 7.01. The lowest BCUT2D eigenvalue weighted by molar-refractivity contribution is -0.112. The van der Waals surface area contributed by atoms with E-state index in [-0.39, 0.29) is 5.78 Å². The molecule has 0 saturated heterocycles. The first-order valence-corrected chi connectivity index (χ1v) is 7.55. The summed E-state index contributed by atoms with van der Waals surface area (Å²) in [6.07, 6.45) is 4.25. The molecule has 1 aliphatic carbocycles. The van der Waals surface area contributed by atoms with Crippen molar-refractivity contribution in [2.75, 3.05) is 0 Å². The molecule has 0 saturated carbocycles. The zero-order valence-corrected chi connectivity index (χ0v) is 12.2. The Kier molecular flexibility index (Phi) is 2.83. The molecule has 0 aromatic heterocycles. The van der Waals surface area contributed by atoms with Crippen LogP contribution >= 0.6 is 11.6 Å². The number of ketones is 1. The van der Waals surface area contributed by atoms with Gasteiger partial charge >= 0.3 is 0 Å². The summed E-state index contributed by atoms with van der Waals surface area (Å²) in [5.74, 6) is 0.672. The van der Waals surface area contributed by atoms with Gasteiger partial charge in [-0.3, -0.25) is 4.79 Å². The highest BCUT2D eigenvalue weighted by molar-refractivity contribution is 6.19. The molecule has 2 heteroatoms. The van der Waals surface area contributed by atoms with Crippen molar-refractivity contribution >= 4 is 51.1 Å². The summed E-state index contributed by atoms with van der Waals surface area (Å²) in [6.45, 7) is 0. The Labute approximate surface area is 127 Å². The average Bonchev–Trinajstić information content (AvgIpc) is 2.52. The lowest BCUT2D eigenvalue weighted by atomic mass is 9.95. The number of hydrogen-bond acceptors (Lipinski definition) is 1. The SMILES string of the molecule is O=C1C=c2cc3ccc4cccc(CCl)c4c3cc2=CC1. The van der Waals surface area contributed by atoms with Crippen LogP contribution in [-0.2, 0) is 10.7 Å². The predicted octanol–water partition coefficient (Wildman–Crippen LogP) is 3.27. The van der Waals surface area contributed by atoms with Crippen LogP contribution in [0.3, 0.4) is 0 Å². The molecule has 0 unspecified atom stereocenters. The van der Waals surface area contributed by atoms with Crippen LogP contribution in [0, 0.1) is 0 Å². The zero-order valence-electron chi connectivity index (χ0n) is 11.4. The predicted molar refractivity (Wildman–Crippen MR) is 88.8 cm³/mol. The normalized spacial score (nSPS) is 13.9. The number of alkyl halides is 1. The maximum atomic E-state index is 11.6. The van der Waals surface area contributed by atoms with Gasteiger partial charge in [-0.2, -0.15) is 0 Å². The molecule has 1 nitrogen and oxygen atoms in total. The fourth-order valence-electron chi connectivity index (χ4n) is 3.13. The van der Waals surface area contributed by atoms with Gasteiger partial charge in [0.05, 0.1) is 0 Å². The second-order valence-corrected chi connectivity index (χ2v) is 5.70. The molecule has 0 heterocycles. The fourth-order valence-corrected chi connectivity index (χ4v) is 3.35. The summed E-state index contributed by atoms with van der Waals surface area (Å²) in [5.41, 5.74) is 1.15. The van der Waals surface area contributed by atoms with Crippen molar-refractivity contribution in [3.63, 3.8) is 0 Å². The summed E-state index contributed by atoms with van der Waals surface area (Å²) in [5, 5.41) is 6.94. The van der Waals surface area contributed by atoms with E-state index in [2.05, 4.69) is 36.4 Å². The molecule has 4 rings (SSSR count). The maximum absolute atomic E-state index is 11.6. The molecule has 0 spiro atoms.